The van der Waals surface area contributed by atoms with Gasteiger partial charge in [-0.2, -0.15) is 0 Å². The largest absolute Gasteiger partial charge is 0.207 e. The first-order valence-electron chi connectivity index (χ1n) is 6.81. The molecule has 19 heavy (non-hydrogen) atoms. The van der Waals surface area contributed by atoms with Crippen LogP contribution in [-0.4, -0.2) is 0 Å². The molecule has 0 N–H and O–H groups in total. The van der Waals surface area contributed by atoms with Gasteiger partial charge in [-0.15, -0.1) is 0 Å². The minimum Gasteiger partial charge on any atom is -0.207 e. The Kier molecular flexibility index (Phi) is 6.27. The van der Waals surface area contributed by atoms with Crippen LogP contribution in [-0.2, 0) is 0 Å². The summed E-state index contributed by atoms with van der Waals surface area (Å²) in [5.74, 6) is 0.983. The molecule has 0 amide bonds. The summed E-state index contributed by atoms with van der Waals surface area (Å²) in [6.45, 7) is 8.59. The van der Waals surface area contributed by atoms with E-state index in [9.17, 15) is 4.39 Å². The Labute approximate surface area is 116 Å². The van der Waals surface area contributed by atoms with Crippen molar-refractivity contribution in [2.75, 3.05) is 0 Å². The molecule has 0 heterocycles. The lowest BCUT2D eigenvalue weighted by atomic mass is 10.0. The molecule has 2 aromatic rings. The van der Waals surface area contributed by atoms with Crippen molar-refractivity contribution in [2.45, 2.75) is 39.5 Å². The first kappa shape index (κ1) is 15.4. The molecule has 0 aliphatic carbocycles. The van der Waals surface area contributed by atoms with Crippen LogP contribution >= 0.6 is 0 Å². The molecule has 2 aromatic carbocycles. The fraction of sp³-hybridized carbons (Fsp3) is 0.333. The van der Waals surface area contributed by atoms with Crippen molar-refractivity contribution in [3.8, 4) is 0 Å². The van der Waals surface area contributed by atoms with Crippen molar-refractivity contribution in [2.24, 2.45) is 0 Å². The van der Waals surface area contributed by atoms with E-state index in [-0.39, 0.29) is 5.82 Å². The third-order valence-corrected chi connectivity index (χ3v) is 3.00. The minimum absolute atomic E-state index is 0.163. The predicted molar refractivity (Wildman–Crippen MR) is 81.0 cm³/mol. The second-order valence-corrected chi connectivity index (χ2v) is 5.27. The van der Waals surface area contributed by atoms with Gasteiger partial charge >= 0.3 is 0 Å². The van der Waals surface area contributed by atoms with Crippen molar-refractivity contribution in [1.82, 2.24) is 0 Å². The highest BCUT2D eigenvalue weighted by Gasteiger charge is 1.96. The van der Waals surface area contributed by atoms with E-state index in [0.29, 0.717) is 11.8 Å². The first-order chi connectivity index (χ1) is 9.00. The molecule has 1 heteroatoms. The smallest absolute Gasteiger partial charge is 0.123 e. The van der Waals surface area contributed by atoms with Crippen molar-refractivity contribution in [3.05, 3.63) is 71.5 Å². The lowest BCUT2D eigenvalue weighted by Crippen LogP contribution is -1.85. The summed E-state index contributed by atoms with van der Waals surface area (Å²) in [6.07, 6.45) is 0. The molecule has 0 bridgehead atoms. The molecule has 0 aromatic heterocycles. The van der Waals surface area contributed by atoms with Gasteiger partial charge in [0.1, 0.15) is 5.82 Å². The lowest BCUT2D eigenvalue weighted by molar-refractivity contribution is 0.626. The van der Waals surface area contributed by atoms with E-state index in [2.05, 4.69) is 52.0 Å². The predicted octanol–water partition coefficient (Wildman–Crippen LogP) is 5.76. The Morgan fingerprint density at radius 1 is 0.632 bits per heavy atom. The van der Waals surface area contributed by atoms with E-state index in [4.69, 9.17) is 0 Å². The monoisotopic (exact) mass is 258 g/mol. The zero-order chi connectivity index (χ0) is 14.3. The summed E-state index contributed by atoms with van der Waals surface area (Å²) < 4.78 is 12.4. The van der Waals surface area contributed by atoms with Gasteiger partial charge in [-0.1, -0.05) is 70.2 Å². The van der Waals surface area contributed by atoms with Crippen molar-refractivity contribution < 1.29 is 4.39 Å². The third-order valence-electron chi connectivity index (χ3n) is 3.00. The fourth-order valence-electron chi connectivity index (χ4n) is 1.69. The van der Waals surface area contributed by atoms with Crippen molar-refractivity contribution in [1.29, 1.82) is 0 Å². The quantitative estimate of drug-likeness (QED) is 0.642. The van der Waals surface area contributed by atoms with Crippen molar-refractivity contribution in [3.63, 3.8) is 0 Å². The van der Waals surface area contributed by atoms with Crippen LogP contribution in [0.3, 0.4) is 0 Å². The summed E-state index contributed by atoms with van der Waals surface area (Å²) in [5, 5.41) is 0. The van der Waals surface area contributed by atoms with Crippen LogP contribution in [0.25, 0.3) is 0 Å². The Morgan fingerprint density at radius 2 is 1.05 bits per heavy atom. The van der Waals surface area contributed by atoms with Crippen LogP contribution in [0.5, 0.6) is 0 Å². The molecule has 102 valence electrons. The number of halogens is 1. The van der Waals surface area contributed by atoms with E-state index in [1.54, 1.807) is 0 Å². The molecule has 0 aliphatic rings. The highest BCUT2D eigenvalue weighted by atomic mass is 19.1. The number of rotatable bonds is 2. The fourth-order valence-corrected chi connectivity index (χ4v) is 1.69. The molecule has 0 atom stereocenters. The summed E-state index contributed by atoms with van der Waals surface area (Å²) in [7, 11) is 0. The summed E-state index contributed by atoms with van der Waals surface area (Å²) >= 11 is 0. The van der Waals surface area contributed by atoms with E-state index in [1.807, 2.05) is 18.2 Å². The highest BCUT2D eigenvalue weighted by molar-refractivity contribution is 5.19. The van der Waals surface area contributed by atoms with Crippen LogP contribution in [0.4, 0.5) is 4.39 Å². The van der Waals surface area contributed by atoms with Crippen LogP contribution in [0.1, 0.15) is 50.7 Å². The Morgan fingerprint density at radius 3 is 1.42 bits per heavy atom. The average Bonchev–Trinajstić information content (AvgIpc) is 2.41. The molecule has 0 unspecified atom stereocenters. The highest BCUT2D eigenvalue weighted by Crippen LogP contribution is 2.13. The zero-order valence-electron chi connectivity index (χ0n) is 12.2. The van der Waals surface area contributed by atoms with Gasteiger partial charge in [0.2, 0.25) is 0 Å². The number of hydrogen-bond acceptors (Lipinski definition) is 0. The molecule has 0 fully saturated rings. The average molecular weight is 258 g/mol. The maximum Gasteiger partial charge on any atom is 0.123 e. The SMILES string of the molecule is CC(C)c1ccc(F)cc1.CC(C)c1ccccc1. The molecule has 0 nitrogen and oxygen atoms in total. The molecular formula is C18H23F. The molecule has 0 saturated heterocycles. The first-order valence-corrected chi connectivity index (χ1v) is 6.81. The van der Waals surface area contributed by atoms with Gasteiger partial charge in [-0.05, 0) is 35.1 Å². The summed E-state index contributed by atoms with van der Waals surface area (Å²) in [6, 6.07) is 17.1. The number of benzene rings is 2. The molecule has 0 radical (unpaired) electrons. The van der Waals surface area contributed by atoms with Gasteiger partial charge in [-0.3, -0.25) is 0 Å². The van der Waals surface area contributed by atoms with Crippen molar-refractivity contribution >= 4 is 0 Å². The molecule has 0 saturated carbocycles. The maximum atomic E-state index is 12.4. The Balaban J connectivity index is 0.000000191. The Hall–Kier alpha value is -1.63. The van der Waals surface area contributed by atoms with E-state index in [1.165, 1.54) is 23.3 Å². The van der Waals surface area contributed by atoms with Crippen LogP contribution in [0, 0.1) is 5.82 Å². The second-order valence-electron chi connectivity index (χ2n) is 5.27. The van der Waals surface area contributed by atoms with Gasteiger partial charge in [0.05, 0.1) is 0 Å². The summed E-state index contributed by atoms with van der Waals surface area (Å²) in [4.78, 5) is 0. The van der Waals surface area contributed by atoms with Gasteiger partial charge in [0, 0.05) is 0 Å². The van der Waals surface area contributed by atoms with E-state index >= 15 is 0 Å². The van der Waals surface area contributed by atoms with Crippen LogP contribution in [0.2, 0.25) is 0 Å². The molecule has 0 aliphatic heterocycles. The topological polar surface area (TPSA) is 0 Å². The maximum absolute atomic E-state index is 12.4. The van der Waals surface area contributed by atoms with Gasteiger partial charge in [-0.25, -0.2) is 4.39 Å². The summed E-state index contributed by atoms with van der Waals surface area (Å²) in [5.41, 5.74) is 2.60. The normalized spacial score (nSPS) is 10.3. The lowest BCUT2D eigenvalue weighted by Gasteiger charge is -2.02. The van der Waals surface area contributed by atoms with E-state index in [0.717, 1.165) is 0 Å². The van der Waals surface area contributed by atoms with Crippen LogP contribution in [0.15, 0.2) is 54.6 Å². The minimum atomic E-state index is -0.163. The van der Waals surface area contributed by atoms with E-state index < -0.39 is 0 Å². The molecule has 2 rings (SSSR count). The standard InChI is InChI=1S/C9H11F.C9H12/c1-7(2)8-3-5-9(10)6-4-8;1-8(2)9-6-4-3-5-7-9/h3-7H,1-2H3;3-8H,1-2H3. The van der Waals surface area contributed by atoms with Gasteiger partial charge in [0.15, 0.2) is 0 Å². The molecule has 0 spiro atoms. The van der Waals surface area contributed by atoms with Crippen LogP contribution < -0.4 is 0 Å². The Bertz CT molecular complexity index is 455. The van der Waals surface area contributed by atoms with Gasteiger partial charge < -0.3 is 0 Å². The third kappa shape index (κ3) is 5.69. The number of hydrogen-bond donors (Lipinski definition) is 0. The second kappa shape index (κ2) is 7.73. The zero-order valence-corrected chi connectivity index (χ0v) is 12.2. The molecular weight excluding hydrogens is 235 g/mol. The van der Waals surface area contributed by atoms with Gasteiger partial charge in [0.25, 0.3) is 0 Å².